The molecule has 3 N–H and O–H groups in total. The number of hydrogen-bond acceptors (Lipinski definition) is 3. The van der Waals surface area contributed by atoms with Crippen LogP contribution in [0.25, 0.3) is 0 Å². The number of rotatable bonds is 8. The summed E-state index contributed by atoms with van der Waals surface area (Å²) in [5.41, 5.74) is 6.52. The van der Waals surface area contributed by atoms with Gasteiger partial charge in [0.2, 0.25) is 5.91 Å². The first kappa shape index (κ1) is 20.7. The molecule has 22 heavy (non-hydrogen) atoms. The highest BCUT2D eigenvalue weighted by atomic mass is 35.5. The van der Waals surface area contributed by atoms with Crippen molar-refractivity contribution in [2.24, 2.45) is 11.1 Å². The number of nitrogens with two attached hydrogens (primary N) is 1. The van der Waals surface area contributed by atoms with Gasteiger partial charge in [-0.1, -0.05) is 26.0 Å². The predicted molar refractivity (Wildman–Crippen MR) is 93.6 cm³/mol. The largest absolute Gasteiger partial charge is 0.497 e. The SMILES string of the molecule is CCC(CC)(CN)C(=O)NC(C)Cc1cccc(OC)c1.Cl. The van der Waals surface area contributed by atoms with Gasteiger partial charge in [0.1, 0.15) is 5.75 Å². The normalized spacial score (nSPS) is 12.2. The van der Waals surface area contributed by atoms with E-state index in [9.17, 15) is 4.79 Å². The summed E-state index contributed by atoms with van der Waals surface area (Å²) in [7, 11) is 1.66. The molecule has 0 saturated heterocycles. The Balaban J connectivity index is 0.00000441. The third-order valence-electron chi connectivity index (χ3n) is 4.28. The molecule has 126 valence electrons. The number of nitrogens with one attached hydrogen (secondary N) is 1. The molecule has 0 aromatic heterocycles. The minimum atomic E-state index is -0.442. The van der Waals surface area contributed by atoms with E-state index in [1.807, 2.05) is 45.0 Å². The van der Waals surface area contributed by atoms with E-state index in [-0.39, 0.29) is 24.4 Å². The van der Waals surface area contributed by atoms with Gasteiger partial charge in [0.05, 0.1) is 12.5 Å². The third kappa shape index (κ3) is 5.18. The summed E-state index contributed by atoms with van der Waals surface area (Å²) in [6, 6.07) is 7.98. The second-order valence-corrected chi connectivity index (χ2v) is 5.62. The Morgan fingerprint density at radius 2 is 2.00 bits per heavy atom. The second-order valence-electron chi connectivity index (χ2n) is 5.62. The molecule has 1 aromatic carbocycles. The zero-order chi connectivity index (χ0) is 15.9. The van der Waals surface area contributed by atoms with Gasteiger partial charge in [-0.15, -0.1) is 12.4 Å². The van der Waals surface area contributed by atoms with Gasteiger partial charge in [0.15, 0.2) is 0 Å². The Morgan fingerprint density at radius 3 is 2.50 bits per heavy atom. The first-order chi connectivity index (χ1) is 10.0. The first-order valence-corrected chi connectivity index (χ1v) is 7.65. The van der Waals surface area contributed by atoms with Crippen LogP contribution in [0.3, 0.4) is 0 Å². The van der Waals surface area contributed by atoms with E-state index in [0.717, 1.165) is 30.6 Å². The van der Waals surface area contributed by atoms with Crippen LogP contribution in [-0.2, 0) is 11.2 Å². The number of methoxy groups -OCH3 is 1. The quantitative estimate of drug-likeness (QED) is 0.771. The molecule has 0 bridgehead atoms. The average Bonchev–Trinajstić information content (AvgIpc) is 2.49. The molecule has 0 saturated carbocycles. The zero-order valence-corrected chi connectivity index (χ0v) is 14.8. The number of hydrogen-bond donors (Lipinski definition) is 2. The zero-order valence-electron chi connectivity index (χ0n) is 14.0. The van der Waals surface area contributed by atoms with Crippen molar-refractivity contribution in [1.82, 2.24) is 5.32 Å². The maximum absolute atomic E-state index is 12.5. The van der Waals surface area contributed by atoms with Crippen LogP contribution in [0.4, 0.5) is 0 Å². The van der Waals surface area contributed by atoms with Gasteiger partial charge in [0.25, 0.3) is 0 Å². The van der Waals surface area contributed by atoms with E-state index >= 15 is 0 Å². The number of carbonyl (C=O) groups excluding carboxylic acids is 1. The Labute approximate surface area is 140 Å². The molecule has 1 amide bonds. The molecule has 0 spiro atoms. The van der Waals surface area contributed by atoms with Gasteiger partial charge in [-0.25, -0.2) is 0 Å². The molecule has 5 heteroatoms. The maximum Gasteiger partial charge on any atom is 0.227 e. The van der Waals surface area contributed by atoms with E-state index in [2.05, 4.69) is 5.32 Å². The van der Waals surface area contributed by atoms with Crippen LogP contribution in [-0.4, -0.2) is 25.6 Å². The lowest BCUT2D eigenvalue weighted by molar-refractivity contribution is -0.131. The highest BCUT2D eigenvalue weighted by Gasteiger charge is 2.33. The molecule has 1 aromatic rings. The second kappa shape index (κ2) is 9.70. The highest BCUT2D eigenvalue weighted by Crippen LogP contribution is 2.25. The minimum Gasteiger partial charge on any atom is -0.497 e. The highest BCUT2D eigenvalue weighted by molar-refractivity contribution is 5.85. The average molecular weight is 329 g/mol. The van der Waals surface area contributed by atoms with E-state index in [1.54, 1.807) is 7.11 Å². The molecule has 0 aliphatic carbocycles. The number of ether oxygens (including phenoxy) is 1. The molecule has 0 aliphatic rings. The number of amides is 1. The summed E-state index contributed by atoms with van der Waals surface area (Å²) >= 11 is 0. The number of carbonyl (C=O) groups is 1. The fourth-order valence-corrected chi connectivity index (χ4v) is 2.53. The molecular weight excluding hydrogens is 300 g/mol. The minimum absolute atomic E-state index is 0. The molecule has 4 nitrogen and oxygen atoms in total. The Hall–Kier alpha value is -1.26. The monoisotopic (exact) mass is 328 g/mol. The summed E-state index contributed by atoms with van der Waals surface area (Å²) < 4.78 is 5.22. The molecular formula is C17H29ClN2O2. The lowest BCUT2D eigenvalue weighted by Gasteiger charge is -2.30. The lowest BCUT2D eigenvalue weighted by atomic mass is 9.81. The van der Waals surface area contributed by atoms with Crippen molar-refractivity contribution in [2.75, 3.05) is 13.7 Å². The Bertz CT molecular complexity index is 453. The van der Waals surface area contributed by atoms with E-state index in [1.165, 1.54) is 0 Å². The van der Waals surface area contributed by atoms with Crippen molar-refractivity contribution in [3.8, 4) is 5.75 Å². The lowest BCUT2D eigenvalue weighted by Crippen LogP contribution is -2.48. The Morgan fingerprint density at radius 1 is 1.36 bits per heavy atom. The van der Waals surface area contributed by atoms with E-state index in [0.29, 0.717) is 6.54 Å². The molecule has 0 radical (unpaired) electrons. The Kier molecular flexibility index (Phi) is 9.14. The fourth-order valence-electron chi connectivity index (χ4n) is 2.53. The molecule has 0 aliphatic heterocycles. The number of halogens is 1. The van der Waals surface area contributed by atoms with Crippen molar-refractivity contribution in [2.45, 2.75) is 46.1 Å². The number of benzene rings is 1. The van der Waals surface area contributed by atoms with Crippen LogP contribution in [0.2, 0.25) is 0 Å². The van der Waals surface area contributed by atoms with Gasteiger partial charge in [-0.2, -0.15) is 0 Å². The maximum atomic E-state index is 12.5. The molecule has 1 rings (SSSR count). The third-order valence-corrected chi connectivity index (χ3v) is 4.28. The first-order valence-electron chi connectivity index (χ1n) is 7.65. The molecule has 0 heterocycles. The predicted octanol–water partition coefficient (Wildman–Crippen LogP) is 2.93. The van der Waals surface area contributed by atoms with Crippen molar-refractivity contribution in [1.29, 1.82) is 0 Å². The van der Waals surface area contributed by atoms with Gasteiger partial charge in [-0.3, -0.25) is 4.79 Å². The van der Waals surface area contributed by atoms with Crippen LogP contribution in [0, 0.1) is 5.41 Å². The smallest absolute Gasteiger partial charge is 0.227 e. The van der Waals surface area contributed by atoms with Crippen LogP contribution < -0.4 is 15.8 Å². The summed E-state index contributed by atoms with van der Waals surface area (Å²) in [6.45, 7) is 6.44. The van der Waals surface area contributed by atoms with Gasteiger partial charge in [-0.05, 0) is 43.9 Å². The van der Waals surface area contributed by atoms with Crippen LogP contribution >= 0.6 is 12.4 Å². The van der Waals surface area contributed by atoms with Crippen LogP contribution in [0.15, 0.2) is 24.3 Å². The molecule has 0 fully saturated rings. The summed E-state index contributed by atoms with van der Waals surface area (Å²) in [4.78, 5) is 12.5. The summed E-state index contributed by atoms with van der Waals surface area (Å²) in [5, 5.41) is 3.10. The summed E-state index contributed by atoms with van der Waals surface area (Å²) in [6.07, 6.45) is 2.30. The van der Waals surface area contributed by atoms with Crippen molar-refractivity contribution in [3.05, 3.63) is 29.8 Å². The van der Waals surface area contributed by atoms with Gasteiger partial charge < -0.3 is 15.8 Å². The van der Waals surface area contributed by atoms with E-state index in [4.69, 9.17) is 10.5 Å². The van der Waals surface area contributed by atoms with Crippen LogP contribution in [0.1, 0.15) is 39.2 Å². The fraction of sp³-hybridized carbons (Fsp3) is 0.588. The van der Waals surface area contributed by atoms with Gasteiger partial charge >= 0.3 is 0 Å². The van der Waals surface area contributed by atoms with Crippen molar-refractivity contribution < 1.29 is 9.53 Å². The van der Waals surface area contributed by atoms with Gasteiger partial charge in [0, 0.05) is 12.6 Å². The topological polar surface area (TPSA) is 64.4 Å². The summed E-state index contributed by atoms with van der Waals surface area (Å²) in [5.74, 6) is 0.898. The van der Waals surface area contributed by atoms with Crippen LogP contribution in [0.5, 0.6) is 5.75 Å². The molecule has 1 atom stereocenters. The molecule has 1 unspecified atom stereocenters. The van der Waals surface area contributed by atoms with E-state index < -0.39 is 5.41 Å². The standard InChI is InChI=1S/C17H28N2O2.ClH/c1-5-17(6-2,12-18)16(20)19-13(3)10-14-8-7-9-15(11-14)21-4;/h7-9,11,13H,5-6,10,12,18H2,1-4H3,(H,19,20);1H. The van der Waals surface area contributed by atoms with Crippen molar-refractivity contribution >= 4 is 18.3 Å². The van der Waals surface area contributed by atoms with Crippen molar-refractivity contribution in [3.63, 3.8) is 0 Å².